The molecule has 2 fully saturated rings. The number of fused-ring (bicyclic) bond motifs is 2. The third-order valence-electron chi connectivity index (χ3n) is 4.03. The van der Waals surface area contributed by atoms with E-state index in [1.807, 2.05) is 6.92 Å². The summed E-state index contributed by atoms with van der Waals surface area (Å²) >= 11 is 0. The minimum atomic E-state index is -3.04. The maximum Gasteiger partial charge on any atom is 0.214 e. The molecule has 0 spiro atoms. The Labute approximate surface area is 104 Å². The zero-order valence-electron chi connectivity index (χ0n) is 10.8. The van der Waals surface area contributed by atoms with E-state index in [9.17, 15) is 8.42 Å². The van der Waals surface area contributed by atoms with E-state index in [-0.39, 0.29) is 18.2 Å². The maximum atomic E-state index is 12.3. The van der Waals surface area contributed by atoms with Gasteiger partial charge in [0.15, 0.2) is 0 Å². The van der Waals surface area contributed by atoms with E-state index in [4.69, 9.17) is 4.74 Å². The fourth-order valence-electron chi connectivity index (χ4n) is 3.16. The molecule has 2 rings (SSSR count). The number of hydrogen-bond acceptors (Lipinski definition) is 3. The highest BCUT2D eigenvalue weighted by Gasteiger charge is 2.46. The molecule has 0 saturated carbocycles. The molecule has 2 heterocycles. The van der Waals surface area contributed by atoms with Crippen molar-refractivity contribution in [3.8, 4) is 0 Å². The van der Waals surface area contributed by atoms with Crippen LogP contribution >= 0.6 is 0 Å². The molecule has 0 aliphatic carbocycles. The quantitative estimate of drug-likeness (QED) is 0.757. The molecule has 2 unspecified atom stereocenters. The molecular weight excluding hydrogens is 238 g/mol. The van der Waals surface area contributed by atoms with Gasteiger partial charge in [0.05, 0.1) is 11.9 Å². The van der Waals surface area contributed by atoms with E-state index >= 15 is 0 Å². The Morgan fingerprint density at radius 2 is 1.82 bits per heavy atom. The molecule has 0 amide bonds. The van der Waals surface area contributed by atoms with Crippen molar-refractivity contribution >= 4 is 10.0 Å². The largest absolute Gasteiger partial charge is 0.381 e. The summed E-state index contributed by atoms with van der Waals surface area (Å²) in [5, 5.41) is 0. The molecule has 0 N–H and O–H groups in total. The van der Waals surface area contributed by atoms with Gasteiger partial charge in [-0.1, -0.05) is 13.3 Å². The number of hydrogen-bond donors (Lipinski definition) is 0. The lowest BCUT2D eigenvalue weighted by Gasteiger charge is -2.37. The van der Waals surface area contributed by atoms with Gasteiger partial charge in [-0.25, -0.2) is 8.42 Å². The summed E-state index contributed by atoms with van der Waals surface area (Å²) in [4.78, 5) is 0. The van der Waals surface area contributed by atoms with Gasteiger partial charge in [0.1, 0.15) is 0 Å². The Bertz CT molecular complexity index is 341. The van der Waals surface area contributed by atoms with Crippen molar-refractivity contribution in [3.05, 3.63) is 0 Å². The van der Waals surface area contributed by atoms with Gasteiger partial charge in [0.25, 0.3) is 0 Å². The molecule has 2 saturated heterocycles. The Hall–Kier alpha value is -0.130. The first-order valence-corrected chi connectivity index (χ1v) is 8.23. The van der Waals surface area contributed by atoms with E-state index in [0.717, 1.165) is 38.5 Å². The third kappa shape index (κ3) is 2.66. The Balaban J connectivity index is 2.08. The second-order valence-corrected chi connectivity index (χ2v) is 7.21. The van der Waals surface area contributed by atoms with Crippen LogP contribution in [0.3, 0.4) is 0 Å². The molecule has 0 aromatic carbocycles. The Morgan fingerprint density at radius 3 is 2.29 bits per heavy atom. The molecule has 0 radical (unpaired) electrons. The van der Waals surface area contributed by atoms with Gasteiger partial charge in [-0.2, -0.15) is 4.31 Å². The number of rotatable bonds is 5. The summed E-state index contributed by atoms with van der Waals surface area (Å²) in [7, 11) is -1.31. The van der Waals surface area contributed by atoms with Gasteiger partial charge in [-0.3, -0.25) is 0 Å². The second kappa shape index (κ2) is 5.24. The van der Waals surface area contributed by atoms with Crippen LogP contribution < -0.4 is 0 Å². The van der Waals surface area contributed by atoms with E-state index in [0.29, 0.717) is 5.75 Å². The first-order chi connectivity index (χ1) is 8.08. The van der Waals surface area contributed by atoms with Crippen LogP contribution in [0.15, 0.2) is 0 Å². The summed E-state index contributed by atoms with van der Waals surface area (Å²) in [6.07, 6.45) is 5.72. The van der Waals surface area contributed by atoms with Gasteiger partial charge < -0.3 is 4.74 Å². The van der Waals surface area contributed by atoms with Gasteiger partial charge in [0.2, 0.25) is 10.0 Å². The van der Waals surface area contributed by atoms with Gasteiger partial charge >= 0.3 is 0 Å². The number of ether oxygens (including phenoxy) is 1. The fraction of sp³-hybridized carbons (Fsp3) is 1.00. The molecule has 0 aromatic heterocycles. The van der Waals surface area contributed by atoms with Crippen molar-refractivity contribution in [2.45, 2.75) is 63.6 Å². The van der Waals surface area contributed by atoms with Crippen molar-refractivity contribution < 1.29 is 13.2 Å². The summed E-state index contributed by atoms with van der Waals surface area (Å²) < 4.78 is 31.8. The zero-order chi connectivity index (χ0) is 12.5. The lowest BCUT2D eigenvalue weighted by molar-refractivity contribution is 0.0349. The first-order valence-electron chi connectivity index (χ1n) is 6.62. The SMILES string of the molecule is CCCCS(=O)(=O)N1C2CCC1CC(OC)C2. The second-order valence-electron chi connectivity index (χ2n) is 5.21. The van der Waals surface area contributed by atoms with E-state index in [1.54, 1.807) is 11.4 Å². The Kier molecular flexibility index (Phi) is 4.10. The molecule has 4 nitrogen and oxygen atoms in total. The normalized spacial score (nSPS) is 34.1. The smallest absolute Gasteiger partial charge is 0.214 e. The minimum absolute atomic E-state index is 0.195. The molecule has 17 heavy (non-hydrogen) atoms. The van der Waals surface area contributed by atoms with Crippen LogP contribution in [0, 0.1) is 0 Å². The van der Waals surface area contributed by atoms with Crippen LogP contribution in [0.1, 0.15) is 45.4 Å². The fourth-order valence-corrected chi connectivity index (χ4v) is 5.32. The number of piperidine rings is 1. The number of methoxy groups -OCH3 is 1. The topological polar surface area (TPSA) is 46.6 Å². The highest BCUT2D eigenvalue weighted by molar-refractivity contribution is 7.89. The van der Waals surface area contributed by atoms with E-state index in [1.165, 1.54) is 0 Å². The van der Waals surface area contributed by atoms with Crippen LogP contribution in [0.25, 0.3) is 0 Å². The predicted octanol–water partition coefficient (Wildman–Crippen LogP) is 1.76. The van der Waals surface area contributed by atoms with Gasteiger partial charge in [-0.15, -0.1) is 0 Å². The summed E-state index contributed by atoms with van der Waals surface area (Å²) in [5.74, 6) is 0.314. The molecule has 2 aliphatic rings. The maximum absolute atomic E-state index is 12.3. The van der Waals surface area contributed by atoms with E-state index < -0.39 is 10.0 Å². The van der Waals surface area contributed by atoms with Crippen LogP contribution in [0.2, 0.25) is 0 Å². The number of nitrogens with zero attached hydrogens (tertiary/aromatic N) is 1. The monoisotopic (exact) mass is 261 g/mol. The molecular formula is C12H23NO3S. The lowest BCUT2D eigenvalue weighted by Crippen LogP contribution is -2.49. The van der Waals surface area contributed by atoms with Crippen molar-refractivity contribution in [1.29, 1.82) is 0 Å². The van der Waals surface area contributed by atoms with Crippen LogP contribution in [-0.4, -0.2) is 43.8 Å². The number of unbranched alkanes of at least 4 members (excludes halogenated alkanes) is 1. The summed E-state index contributed by atoms with van der Waals surface area (Å²) in [5.41, 5.74) is 0. The summed E-state index contributed by atoms with van der Waals surface area (Å²) in [6, 6.07) is 0.390. The van der Waals surface area contributed by atoms with Crippen molar-refractivity contribution in [3.63, 3.8) is 0 Å². The van der Waals surface area contributed by atoms with Crippen molar-refractivity contribution in [1.82, 2.24) is 4.31 Å². The van der Waals surface area contributed by atoms with Crippen LogP contribution in [0.4, 0.5) is 0 Å². The van der Waals surface area contributed by atoms with E-state index in [2.05, 4.69) is 0 Å². The van der Waals surface area contributed by atoms with Crippen molar-refractivity contribution in [2.24, 2.45) is 0 Å². The minimum Gasteiger partial charge on any atom is -0.381 e. The Morgan fingerprint density at radius 1 is 1.24 bits per heavy atom. The summed E-state index contributed by atoms with van der Waals surface area (Å²) in [6.45, 7) is 2.03. The lowest BCUT2D eigenvalue weighted by atomic mass is 10.0. The first kappa shape index (κ1) is 13.3. The average molecular weight is 261 g/mol. The standard InChI is InChI=1S/C12H23NO3S/c1-3-4-7-17(14,15)13-10-5-6-11(13)9-12(8-10)16-2/h10-12H,3-9H2,1-2H3. The molecule has 2 atom stereocenters. The average Bonchev–Trinajstić information content (AvgIpc) is 2.59. The van der Waals surface area contributed by atoms with Crippen LogP contribution in [0.5, 0.6) is 0 Å². The third-order valence-corrected chi connectivity index (χ3v) is 6.08. The zero-order valence-corrected chi connectivity index (χ0v) is 11.6. The van der Waals surface area contributed by atoms with Crippen molar-refractivity contribution in [2.75, 3.05) is 12.9 Å². The molecule has 0 aromatic rings. The highest BCUT2D eigenvalue weighted by Crippen LogP contribution is 2.38. The number of sulfonamides is 1. The van der Waals surface area contributed by atoms with Crippen LogP contribution in [-0.2, 0) is 14.8 Å². The van der Waals surface area contributed by atoms with Gasteiger partial charge in [-0.05, 0) is 32.1 Å². The molecule has 2 aliphatic heterocycles. The molecule has 100 valence electrons. The van der Waals surface area contributed by atoms with Gasteiger partial charge in [0, 0.05) is 19.2 Å². The molecule has 2 bridgehead atoms. The molecule has 5 heteroatoms. The predicted molar refractivity (Wildman–Crippen MR) is 67.4 cm³/mol. The highest BCUT2D eigenvalue weighted by atomic mass is 32.2.